The van der Waals surface area contributed by atoms with Crippen molar-refractivity contribution < 1.29 is 19.1 Å². The highest BCUT2D eigenvalue weighted by Gasteiger charge is 2.32. The van der Waals surface area contributed by atoms with E-state index in [9.17, 15) is 9.59 Å². The van der Waals surface area contributed by atoms with E-state index in [2.05, 4.69) is 36.1 Å². The summed E-state index contributed by atoms with van der Waals surface area (Å²) in [7, 11) is 0. The quantitative estimate of drug-likeness (QED) is 0.563. The van der Waals surface area contributed by atoms with Crippen LogP contribution in [0.1, 0.15) is 29.9 Å². The Morgan fingerprint density at radius 3 is 2.82 bits per heavy atom. The minimum Gasteiger partial charge on any atom is -0.439 e. The Kier molecular flexibility index (Phi) is 6.05. The van der Waals surface area contributed by atoms with Crippen molar-refractivity contribution in [2.45, 2.75) is 45.4 Å². The number of thiophene rings is 1. The molecule has 0 saturated carbocycles. The number of cyclic esters (lactones) is 1. The molecule has 0 unspecified atom stereocenters. The lowest BCUT2D eigenvalue weighted by Gasteiger charge is -2.37. The van der Waals surface area contributed by atoms with Gasteiger partial charge in [-0.1, -0.05) is 11.6 Å². The van der Waals surface area contributed by atoms with Crippen molar-refractivity contribution in [1.29, 1.82) is 0 Å². The standard InChI is InChI=1S/C24H25ClN4O4S/c1-13-4-14(25)5-18(17(13)6-15-8-26-11-24(2,3)33-15)21-22-19(27-12-28-21)7-16(34-22)9-29-20(30)10-32-23(29)31/h4-5,7,12,15,26H,6,8-11H2,1-3H3/t15-/m1/s1. The fourth-order valence-electron chi connectivity index (χ4n) is 4.53. The van der Waals surface area contributed by atoms with Gasteiger partial charge in [-0.2, -0.15) is 0 Å². The van der Waals surface area contributed by atoms with Crippen molar-refractivity contribution >= 4 is 45.2 Å². The number of aromatic nitrogens is 2. The van der Waals surface area contributed by atoms with Gasteiger partial charge in [0.15, 0.2) is 6.61 Å². The van der Waals surface area contributed by atoms with Crippen LogP contribution in [0.2, 0.25) is 5.02 Å². The van der Waals surface area contributed by atoms with Gasteiger partial charge in [0.1, 0.15) is 6.33 Å². The second kappa shape index (κ2) is 8.88. The Labute approximate surface area is 206 Å². The predicted octanol–water partition coefficient (Wildman–Crippen LogP) is 4.11. The molecule has 8 nitrogen and oxygen atoms in total. The number of imide groups is 1. The van der Waals surface area contributed by atoms with E-state index in [0.29, 0.717) is 11.4 Å². The molecule has 1 aromatic carbocycles. The molecule has 5 rings (SSSR count). The number of rotatable bonds is 5. The van der Waals surface area contributed by atoms with E-state index in [1.165, 1.54) is 17.7 Å². The van der Waals surface area contributed by atoms with Crippen LogP contribution in [0.5, 0.6) is 0 Å². The van der Waals surface area contributed by atoms with Crippen molar-refractivity contribution in [2.75, 3.05) is 19.7 Å². The fourth-order valence-corrected chi connectivity index (χ4v) is 5.90. The molecule has 34 heavy (non-hydrogen) atoms. The lowest BCUT2D eigenvalue weighted by atomic mass is 9.93. The maximum Gasteiger partial charge on any atom is 0.417 e. The van der Waals surface area contributed by atoms with Crippen LogP contribution >= 0.6 is 22.9 Å². The maximum atomic E-state index is 12.0. The third-order valence-electron chi connectivity index (χ3n) is 6.05. The van der Waals surface area contributed by atoms with Crippen LogP contribution in [0.3, 0.4) is 0 Å². The molecule has 1 atom stereocenters. The van der Waals surface area contributed by atoms with E-state index < -0.39 is 6.09 Å². The van der Waals surface area contributed by atoms with Crippen molar-refractivity contribution in [1.82, 2.24) is 20.2 Å². The van der Waals surface area contributed by atoms with Crippen LogP contribution < -0.4 is 5.32 Å². The summed E-state index contributed by atoms with van der Waals surface area (Å²) >= 11 is 7.95. The molecule has 1 N–H and O–H groups in total. The van der Waals surface area contributed by atoms with Crippen LogP contribution in [-0.2, 0) is 27.2 Å². The molecule has 3 aromatic rings. The molecule has 2 fully saturated rings. The molecule has 2 aliphatic rings. The number of aryl methyl sites for hydroxylation is 1. The summed E-state index contributed by atoms with van der Waals surface area (Å²) in [5, 5.41) is 4.10. The molecular formula is C24H25ClN4O4S. The van der Waals surface area contributed by atoms with Gasteiger partial charge in [-0.25, -0.2) is 19.7 Å². The van der Waals surface area contributed by atoms with Crippen molar-refractivity contribution in [3.8, 4) is 11.3 Å². The first-order chi connectivity index (χ1) is 16.2. The number of hydrogen-bond donors (Lipinski definition) is 1. The Morgan fingerprint density at radius 1 is 1.26 bits per heavy atom. The number of fused-ring (bicyclic) bond motifs is 1. The third kappa shape index (κ3) is 4.53. The van der Waals surface area contributed by atoms with Crippen LogP contribution in [0.4, 0.5) is 4.79 Å². The summed E-state index contributed by atoms with van der Waals surface area (Å²) in [6.07, 6.45) is 1.65. The number of ether oxygens (including phenoxy) is 2. The molecule has 2 aromatic heterocycles. The summed E-state index contributed by atoms with van der Waals surface area (Å²) in [6, 6.07) is 5.79. The maximum absolute atomic E-state index is 12.0. The minimum absolute atomic E-state index is 0.0193. The Balaban J connectivity index is 1.53. The van der Waals surface area contributed by atoms with Gasteiger partial charge in [0.2, 0.25) is 0 Å². The molecule has 0 spiro atoms. The van der Waals surface area contributed by atoms with Crippen molar-refractivity contribution in [2.24, 2.45) is 0 Å². The van der Waals surface area contributed by atoms with E-state index in [0.717, 1.165) is 55.5 Å². The van der Waals surface area contributed by atoms with Crippen LogP contribution in [0.25, 0.3) is 21.5 Å². The lowest BCUT2D eigenvalue weighted by molar-refractivity contribution is -0.126. The first kappa shape index (κ1) is 23.2. The Hall–Kier alpha value is -2.59. The second-order valence-electron chi connectivity index (χ2n) is 9.27. The molecule has 2 saturated heterocycles. The average Bonchev–Trinajstić information content (AvgIpc) is 3.32. The molecule has 4 heterocycles. The van der Waals surface area contributed by atoms with Crippen LogP contribution in [-0.4, -0.2) is 58.3 Å². The lowest BCUT2D eigenvalue weighted by Crippen LogP contribution is -2.51. The number of morpholine rings is 1. The normalized spacial score (nSPS) is 20.2. The van der Waals surface area contributed by atoms with Crippen molar-refractivity contribution in [3.63, 3.8) is 0 Å². The highest BCUT2D eigenvalue weighted by molar-refractivity contribution is 7.19. The summed E-state index contributed by atoms with van der Waals surface area (Å²) < 4.78 is 12.0. The van der Waals surface area contributed by atoms with Gasteiger partial charge in [0.25, 0.3) is 5.91 Å². The van der Waals surface area contributed by atoms with Gasteiger partial charge >= 0.3 is 6.09 Å². The monoisotopic (exact) mass is 500 g/mol. The average molecular weight is 501 g/mol. The van der Waals surface area contributed by atoms with E-state index in [1.807, 2.05) is 18.2 Å². The van der Waals surface area contributed by atoms with Gasteiger partial charge in [0.05, 0.1) is 34.2 Å². The number of hydrogen-bond acceptors (Lipinski definition) is 8. The van der Waals surface area contributed by atoms with Gasteiger partial charge in [0, 0.05) is 35.0 Å². The molecule has 10 heteroatoms. The third-order valence-corrected chi connectivity index (χ3v) is 7.38. The molecular weight excluding hydrogens is 476 g/mol. The molecule has 178 valence electrons. The van der Waals surface area contributed by atoms with Gasteiger partial charge < -0.3 is 14.8 Å². The summed E-state index contributed by atoms with van der Waals surface area (Å²) in [6.45, 7) is 7.74. The summed E-state index contributed by atoms with van der Waals surface area (Å²) in [5.41, 5.74) is 4.44. The highest BCUT2D eigenvalue weighted by atomic mass is 35.5. The smallest absolute Gasteiger partial charge is 0.417 e. The molecule has 2 aliphatic heterocycles. The number of nitrogens with one attached hydrogen (secondary N) is 1. The zero-order chi connectivity index (χ0) is 24.0. The number of nitrogens with zero attached hydrogens (tertiary/aromatic N) is 3. The molecule has 2 amide bonds. The van der Waals surface area contributed by atoms with E-state index in [1.54, 1.807) is 0 Å². The van der Waals surface area contributed by atoms with Gasteiger partial charge in [-0.15, -0.1) is 11.3 Å². The zero-order valence-corrected chi connectivity index (χ0v) is 20.8. The first-order valence-electron chi connectivity index (χ1n) is 11.1. The number of carbonyl (C=O) groups is 2. The van der Waals surface area contributed by atoms with Gasteiger partial charge in [-0.3, -0.25) is 4.79 Å². The minimum atomic E-state index is -0.620. The summed E-state index contributed by atoms with van der Waals surface area (Å²) in [5.74, 6) is -0.342. The van der Waals surface area contributed by atoms with Crippen molar-refractivity contribution in [3.05, 3.63) is 45.6 Å². The Morgan fingerprint density at radius 2 is 2.09 bits per heavy atom. The number of carbonyl (C=O) groups excluding carboxylic acids is 2. The topological polar surface area (TPSA) is 93.7 Å². The van der Waals surface area contributed by atoms with E-state index in [4.69, 9.17) is 21.1 Å². The zero-order valence-electron chi connectivity index (χ0n) is 19.2. The predicted molar refractivity (Wildman–Crippen MR) is 130 cm³/mol. The first-order valence-corrected chi connectivity index (χ1v) is 12.3. The largest absolute Gasteiger partial charge is 0.439 e. The van der Waals surface area contributed by atoms with Crippen LogP contribution in [0, 0.1) is 6.92 Å². The summed E-state index contributed by atoms with van der Waals surface area (Å²) in [4.78, 5) is 34.8. The molecule has 0 radical (unpaired) electrons. The van der Waals surface area contributed by atoms with E-state index >= 15 is 0 Å². The number of amides is 2. The van der Waals surface area contributed by atoms with Crippen LogP contribution in [0.15, 0.2) is 24.5 Å². The molecule has 0 bridgehead atoms. The fraction of sp³-hybridized carbons (Fsp3) is 0.417. The SMILES string of the molecule is Cc1cc(Cl)cc(-c2ncnc3cc(CN4C(=O)COC4=O)sc23)c1C[C@@H]1CNCC(C)(C)O1. The molecule has 0 aliphatic carbocycles. The highest BCUT2D eigenvalue weighted by Crippen LogP contribution is 2.38. The number of benzene rings is 1. The Bertz CT molecular complexity index is 1280. The van der Waals surface area contributed by atoms with Gasteiger partial charge in [-0.05, 0) is 50.1 Å². The second-order valence-corrected chi connectivity index (χ2v) is 10.8. The number of halogens is 1. The van der Waals surface area contributed by atoms with E-state index in [-0.39, 0.29) is 30.8 Å².